The molecule has 46 heavy (non-hydrogen) atoms. The number of hydrogen-bond donors (Lipinski definition) is 2. The van der Waals surface area contributed by atoms with Gasteiger partial charge in [0.2, 0.25) is 0 Å². The van der Waals surface area contributed by atoms with Gasteiger partial charge in [0.05, 0.1) is 39.6 Å². The molecular weight excluding hydrogens is 639 g/mol. The van der Waals surface area contributed by atoms with E-state index >= 15 is 4.39 Å². The maximum atomic E-state index is 16.9. The first-order valence-corrected chi connectivity index (χ1v) is 16.6. The van der Waals surface area contributed by atoms with Crippen molar-refractivity contribution < 1.29 is 22.6 Å². The maximum Gasteiger partial charge on any atom is 0.319 e. The molecule has 8 rings (SSSR count). The van der Waals surface area contributed by atoms with E-state index in [0.29, 0.717) is 50.5 Å². The number of anilines is 2. The third-order valence-electron chi connectivity index (χ3n) is 10.1. The number of nitrogens with two attached hydrogens (primary N) is 1. The zero-order chi connectivity index (χ0) is 31.8. The quantitative estimate of drug-likeness (QED) is 0.288. The molecule has 3 atom stereocenters. The number of aromatic nitrogens is 2. The molecule has 4 aromatic rings. The van der Waals surface area contributed by atoms with Gasteiger partial charge in [-0.2, -0.15) is 15.2 Å². The first kappa shape index (κ1) is 30.0. The van der Waals surface area contributed by atoms with Gasteiger partial charge in [0.15, 0.2) is 5.82 Å². The Morgan fingerprint density at radius 1 is 1.26 bits per heavy atom. The van der Waals surface area contributed by atoms with Crippen molar-refractivity contribution in [2.24, 2.45) is 0 Å². The highest BCUT2D eigenvalue weighted by Crippen LogP contribution is 2.46. The van der Waals surface area contributed by atoms with Gasteiger partial charge in [0.25, 0.3) is 0 Å². The minimum atomic E-state index is -0.929. The fraction of sp³-hybridized carbons (Fsp3) is 0.469. The Morgan fingerprint density at radius 2 is 2.13 bits per heavy atom. The summed E-state index contributed by atoms with van der Waals surface area (Å²) in [5, 5.41) is 14.2. The average molecular weight is 670 g/mol. The van der Waals surface area contributed by atoms with Crippen molar-refractivity contribution in [2.45, 2.75) is 42.9 Å². The molecule has 6 heterocycles. The van der Waals surface area contributed by atoms with Crippen LogP contribution in [0.15, 0.2) is 18.2 Å². The summed E-state index contributed by atoms with van der Waals surface area (Å²) < 4.78 is 58.5. The van der Waals surface area contributed by atoms with Crippen molar-refractivity contribution in [3.63, 3.8) is 0 Å². The minimum Gasteiger partial charge on any atom is -0.461 e. The van der Waals surface area contributed by atoms with E-state index in [1.165, 1.54) is 12.1 Å². The number of ether oxygens (including phenoxy) is 2. The molecular formula is C32H31ClF3N7O2S. The molecule has 0 radical (unpaired) electrons. The highest BCUT2D eigenvalue weighted by Gasteiger charge is 2.49. The summed E-state index contributed by atoms with van der Waals surface area (Å²) in [5.41, 5.74) is 5.59. The van der Waals surface area contributed by atoms with Crippen molar-refractivity contribution >= 4 is 54.7 Å². The second-order valence-corrected chi connectivity index (χ2v) is 14.3. The topological polar surface area (TPSA) is 113 Å². The Balaban J connectivity index is 1.27. The predicted octanol–water partition coefficient (Wildman–Crippen LogP) is 5.42. The van der Waals surface area contributed by atoms with Crippen LogP contribution in [0.5, 0.6) is 6.01 Å². The summed E-state index contributed by atoms with van der Waals surface area (Å²) >= 11 is 7.77. The van der Waals surface area contributed by atoms with E-state index in [1.807, 2.05) is 6.07 Å². The molecule has 4 saturated heterocycles. The molecule has 1 spiro atoms. The van der Waals surface area contributed by atoms with Gasteiger partial charge in [-0.15, -0.1) is 11.3 Å². The van der Waals surface area contributed by atoms with Crippen LogP contribution >= 0.6 is 22.9 Å². The Kier molecular flexibility index (Phi) is 7.22. The number of benzene rings is 2. The number of nitrogen functional groups attached to an aromatic ring is 1. The lowest BCUT2D eigenvalue weighted by Crippen LogP contribution is -2.55. The molecule has 2 aromatic heterocycles. The number of fused-ring (bicyclic) bond motifs is 3. The van der Waals surface area contributed by atoms with Crippen LogP contribution in [0, 0.1) is 23.0 Å². The average Bonchev–Trinajstić information content (AvgIpc) is 3.79. The lowest BCUT2D eigenvalue weighted by atomic mass is 9.95. The SMILES string of the molecule is N#Cc1c(N)sc2c(F)ccc(-c3c(Cl)cc4c(N5CCC6(COCCN6)C5)nc(OC[C@@]56CCCN5C[C@H](F)C6)nc4c3F)c12. The van der Waals surface area contributed by atoms with Gasteiger partial charge < -0.3 is 25.4 Å². The van der Waals surface area contributed by atoms with Gasteiger partial charge in [-0.1, -0.05) is 17.7 Å². The Bertz CT molecular complexity index is 1930. The highest BCUT2D eigenvalue weighted by atomic mass is 35.5. The normalized spacial score (nSPS) is 26.4. The number of nitrogens with zero attached hydrogens (tertiary/aromatic N) is 5. The summed E-state index contributed by atoms with van der Waals surface area (Å²) in [7, 11) is 0. The monoisotopic (exact) mass is 669 g/mol. The van der Waals surface area contributed by atoms with Crippen molar-refractivity contribution in [3.05, 3.63) is 40.4 Å². The van der Waals surface area contributed by atoms with E-state index in [1.54, 1.807) is 6.07 Å². The van der Waals surface area contributed by atoms with E-state index < -0.39 is 23.3 Å². The lowest BCUT2D eigenvalue weighted by Gasteiger charge is -2.34. The fourth-order valence-electron chi connectivity index (χ4n) is 7.89. The molecule has 0 saturated carbocycles. The molecule has 9 nitrogen and oxygen atoms in total. The maximum absolute atomic E-state index is 16.9. The van der Waals surface area contributed by atoms with Gasteiger partial charge >= 0.3 is 6.01 Å². The molecule has 0 aliphatic carbocycles. The summed E-state index contributed by atoms with van der Waals surface area (Å²) in [4.78, 5) is 13.6. The number of nitriles is 1. The van der Waals surface area contributed by atoms with Crippen LogP contribution in [0.4, 0.5) is 24.0 Å². The molecule has 3 N–H and O–H groups in total. The number of alkyl halides is 1. The first-order chi connectivity index (χ1) is 22.2. The van der Waals surface area contributed by atoms with E-state index in [4.69, 9.17) is 31.8 Å². The van der Waals surface area contributed by atoms with Crippen LogP contribution in [0.3, 0.4) is 0 Å². The number of nitrogens with one attached hydrogen (secondary N) is 1. The van der Waals surface area contributed by atoms with Gasteiger partial charge in [-0.3, -0.25) is 4.90 Å². The second-order valence-electron chi connectivity index (χ2n) is 12.8. The van der Waals surface area contributed by atoms with E-state index in [9.17, 15) is 14.0 Å². The van der Waals surface area contributed by atoms with Crippen LogP contribution < -0.4 is 20.7 Å². The molecule has 4 fully saturated rings. The van der Waals surface area contributed by atoms with Crippen molar-refractivity contribution in [1.29, 1.82) is 5.26 Å². The number of halogens is 4. The number of rotatable bonds is 5. The van der Waals surface area contributed by atoms with Gasteiger partial charge in [-0.25, -0.2) is 13.2 Å². The van der Waals surface area contributed by atoms with Crippen LogP contribution in [0.25, 0.3) is 32.1 Å². The first-order valence-electron chi connectivity index (χ1n) is 15.4. The lowest BCUT2D eigenvalue weighted by molar-refractivity contribution is 0.0368. The summed E-state index contributed by atoms with van der Waals surface area (Å²) in [6.45, 7) is 4.47. The third-order valence-corrected chi connectivity index (χ3v) is 11.4. The Labute approximate surface area is 272 Å². The molecule has 240 valence electrons. The van der Waals surface area contributed by atoms with Crippen LogP contribution in [0.2, 0.25) is 5.02 Å². The predicted molar refractivity (Wildman–Crippen MR) is 171 cm³/mol. The van der Waals surface area contributed by atoms with E-state index in [0.717, 1.165) is 43.7 Å². The van der Waals surface area contributed by atoms with Gasteiger partial charge in [0.1, 0.15) is 41.0 Å². The molecule has 4 aliphatic rings. The molecule has 14 heteroatoms. The van der Waals surface area contributed by atoms with Crippen molar-refractivity contribution in [3.8, 4) is 23.2 Å². The van der Waals surface area contributed by atoms with E-state index in [2.05, 4.69) is 20.1 Å². The largest absolute Gasteiger partial charge is 0.461 e. The van der Waals surface area contributed by atoms with Crippen molar-refractivity contribution in [2.75, 3.05) is 63.2 Å². The zero-order valence-corrected chi connectivity index (χ0v) is 26.4. The van der Waals surface area contributed by atoms with Crippen molar-refractivity contribution in [1.82, 2.24) is 20.2 Å². The fourth-order valence-corrected chi connectivity index (χ4v) is 9.13. The van der Waals surface area contributed by atoms with Crippen LogP contribution in [-0.2, 0) is 4.74 Å². The molecule has 1 unspecified atom stereocenters. The highest BCUT2D eigenvalue weighted by molar-refractivity contribution is 7.23. The summed E-state index contributed by atoms with van der Waals surface area (Å²) in [5.74, 6) is -0.856. The molecule has 4 aliphatic heterocycles. The van der Waals surface area contributed by atoms with Gasteiger partial charge in [0, 0.05) is 48.9 Å². The zero-order valence-electron chi connectivity index (χ0n) is 24.8. The van der Waals surface area contributed by atoms with Crippen LogP contribution in [-0.4, -0.2) is 84.7 Å². The van der Waals surface area contributed by atoms with Crippen LogP contribution in [0.1, 0.15) is 31.2 Å². The number of morpholine rings is 1. The molecule has 0 amide bonds. The third kappa shape index (κ3) is 4.68. The molecule has 2 aromatic carbocycles. The minimum absolute atomic E-state index is 0.0197. The standard InChI is InChI=1S/C32H31ClF3N7O2S/c33-21-10-19-26(25(36)24(21)18-2-3-22(35)27-23(18)20(12-37)28(38)46-27)40-30(45-16-32-4-1-7-43(32)13-17(34)11-32)41-29(19)42-8-5-31(14-42)15-44-9-6-39-31/h2-3,10,17,39H,1,4-9,11,13-16,38H2/t17-,31?,32+/m1/s1. The Hall–Kier alpha value is -3.41. The van der Waals surface area contributed by atoms with E-state index in [-0.39, 0.29) is 60.5 Å². The summed E-state index contributed by atoms with van der Waals surface area (Å²) in [6, 6.07) is 6.24. The summed E-state index contributed by atoms with van der Waals surface area (Å²) in [6.07, 6.45) is 1.98. The number of hydrogen-bond acceptors (Lipinski definition) is 10. The molecule has 0 bridgehead atoms. The number of thiophene rings is 1. The Morgan fingerprint density at radius 3 is 2.93 bits per heavy atom. The second kappa shape index (κ2) is 11.1. The van der Waals surface area contributed by atoms with Gasteiger partial charge in [-0.05, 0) is 43.5 Å². The smallest absolute Gasteiger partial charge is 0.319 e.